The Morgan fingerprint density at radius 3 is 1.75 bits per heavy atom. The van der Waals surface area contributed by atoms with Gasteiger partial charge in [-0.2, -0.15) is 0 Å². The minimum Gasteiger partial charge on any atom is -0.443 e. The van der Waals surface area contributed by atoms with E-state index in [2.05, 4.69) is 4.98 Å². The summed E-state index contributed by atoms with van der Waals surface area (Å²) in [5, 5.41) is 0. The fraction of sp³-hybridized carbons (Fsp3) is 0.520. The lowest BCUT2D eigenvalue weighted by Crippen LogP contribution is -2.44. The average Bonchev–Trinajstić information content (AvgIpc) is 2.58. The summed E-state index contributed by atoms with van der Waals surface area (Å²) in [6.07, 6.45) is -1.07. The molecule has 174 valence electrons. The number of rotatable bonds is 3. The standard InChI is InChI=1S/C25H35N3O4/c1-11-18-17(4)26-21(27-20(18)19-15(2)13-12-14-16(19)3)28(22(29)31-24(5,6)7)23(30)32-25(8,9)10/h12-14H,11H2,1-10H3. The minimum atomic E-state index is -0.886. The van der Waals surface area contributed by atoms with E-state index < -0.39 is 23.4 Å². The quantitative estimate of drug-likeness (QED) is 0.555. The Hall–Kier alpha value is -2.96. The van der Waals surface area contributed by atoms with Crippen LogP contribution in [0.5, 0.6) is 0 Å². The third kappa shape index (κ3) is 6.05. The van der Waals surface area contributed by atoms with Crippen LogP contribution >= 0.6 is 0 Å². The molecule has 0 aliphatic heterocycles. The highest BCUT2D eigenvalue weighted by molar-refractivity contribution is 6.08. The molecule has 2 amide bonds. The second-order valence-corrected chi connectivity index (χ2v) is 9.85. The van der Waals surface area contributed by atoms with Crippen LogP contribution in [0.2, 0.25) is 0 Å². The Labute approximate surface area is 191 Å². The first kappa shape index (κ1) is 25.3. The first-order valence-electron chi connectivity index (χ1n) is 10.8. The lowest BCUT2D eigenvalue weighted by atomic mass is 9.95. The maximum atomic E-state index is 13.1. The van der Waals surface area contributed by atoms with Crippen molar-refractivity contribution < 1.29 is 19.1 Å². The van der Waals surface area contributed by atoms with Gasteiger partial charge in [0.15, 0.2) is 0 Å². The molecule has 1 heterocycles. The van der Waals surface area contributed by atoms with Crippen molar-refractivity contribution in [3.8, 4) is 11.3 Å². The number of benzene rings is 1. The molecule has 0 fully saturated rings. The second kappa shape index (κ2) is 9.27. The van der Waals surface area contributed by atoms with E-state index in [0.29, 0.717) is 17.8 Å². The van der Waals surface area contributed by atoms with Crippen molar-refractivity contribution in [1.82, 2.24) is 9.97 Å². The van der Waals surface area contributed by atoms with Crippen LogP contribution < -0.4 is 4.90 Å². The number of carbonyl (C=O) groups is 2. The Kier molecular flexibility index (Phi) is 7.33. The number of aryl methyl sites for hydroxylation is 3. The van der Waals surface area contributed by atoms with Crippen molar-refractivity contribution in [1.29, 1.82) is 0 Å². The van der Waals surface area contributed by atoms with E-state index in [-0.39, 0.29) is 5.95 Å². The van der Waals surface area contributed by atoms with Gasteiger partial charge in [0, 0.05) is 11.3 Å². The van der Waals surface area contributed by atoms with Crippen LogP contribution in [0.1, 0.15) is 70.9 Å². The molecule has 7 heteroatoms. The van der Waals surface area contributed by atoms with Gasteiger partial charge in [-0.05, 0) is 85.4 Å². The summed E-state index contributed by atoms with van der Waals surface area (Å²) in [5.41, 5.74) is 3.77. The summed E-state index contributed by atoms with van der Waals surface area (Å²) in [6.45, 7) is 18.3. The molecule has 1 aromatic heterocycles. The zero-order chi connectivity index (χ0) is 24.4. The smallest absolute Gasteiger partial charge is 0.427 e. The topological polar surface area (TPSA) is 81.6 Å². The molecular formula is C25H35N3O4. The van der Waals surface area contributed by atoms with Gasteiger partial charge in [0.2, 0.25) is 5.95 Å². The van der Waals surface area contributed by atoms with Gasteiger partial charge >= 0.3 is 12.2 Å². The van der Waals surface area contributed by atoms with Crippen LogP contribution in [0.3, 0.4) is 0 Å². The molecule has 1 aromatic carbocycles. The van der Waals surface area contributed by atoms with Crippen LogP contribution in [-0.2, 0) is 15.9 Å². The van der Waals surface area contributed by atoms with Crippen LogP contribution in [0.15, 0.2) is 18.2 Å². The van der Waals surface area contributed by atoms with Gasteiger partial charge in [-0.15, -0.1) is 4.90 Å². The number of imide groups is 1. The van der Waals surface area contributed by atoms with Gasteiger partial charge in [0.25, 0.3) is 0 Å². The molecule has 0 aliphatic carbocycles. The molecule has 0 atom stereocenters. The molecule has 0 saturated heterocycles. The molecule has 0 saturated carbocycles. The van der Waals surface area contributed by atoms with Crippen molar-refractivity contribution in [3.05, 3.63) is 40.6 Å². The number of amides is 2. The lowest BCUT2D eigenvalue weighted by Gasteiger charge is -2.28. The number of ether oxygens (including phenoxy) is 2. The molecule has 2 aromatic rings. The zero-order valence-corrected chi connectivity index (χ0v) is 20.9. The van der Waals surface area contributed by atoms with Crippen LogP contribution in [0, 0.1) is 20.8 Å². The third-order valence-electron chi connectivity index (χ3n) is 4.63. The van der Waals surface area contributed by atoms with E-state index in [9.17, 15) is 9.59 Å². The number of nitrogens with zero attached hydrogens (tertiary/aromatic N) is 3. The van der Waals surface area contributed by atoms with E-state index in [1.807, 2.05) is 45.9 Å². The van der Waals surface area contributed by atoms with Gasteiger partial charge in [0.05, 0.1) is 5.69 Å². The number of hydrogen-bond donors (Lipinski definition) is 0. The molecule has 7 nitrogen and oxygen atoms in total. The SMILES string of the molecule is CCc1c(C)nc(N(C(=O)OC(C)(C)C)C(=O)OC(C)(C)C)nc1-c1c(C)cccc1C. The summed E-state index contributed by atoms with van der Waals surface area (Å²) in [6, 6.07) is 6.01. The van der Waals surface area contributed by atoms with Crippen LogP contribution in [0.4, 0.5) is 15.5 Å². The zero-order valence-electron chi connectivity index (χ0n) is 20.9. The molecule has 2 rings (SSSR count). The first-order chi connectivity index (χ1) is 14.6. The highest BCUT2D eigenvalue weighted by atomic mass is 16.6. The monoisotopic (exact) mass is 441 g/mol. The van der Waals surface area contributed by atoms with Crippen molar-refractivity contribution in [2.75, 3.05) is 4.90 Å². The highest BCUT2D eigenvalue weighted by Gasteiger charge is 2.35. The Morgan fingerprint density at radius 2 is 1.34 bits per heavy atom. The van der Waals surface area contributed by atoms with E-state index in [0.717, 1.165) is 27.2 Å². The molecule has 0 spiro atoms. The summed E-state index contributed by atoms with van der Waals surface area (Å²) in [5.74, 6) is -0.0687. The van der Waals surface area contributed by atoms with Gasteiger partial charge in [-0.1, -0.05) is 25.1 Å². The van der Waals surface area contributed by atoms with Crippen molar-refractivity contribution >= 4 is 18.1 Å². The van der Waals surface area contributed by atoms with E-state index in [1.165, 1.54) is 0 Å². The normalized spacial score (nSPS) is 11.8. The largest absolute Gasteiger partial charge is 0.443 e. The average molecular weight is 442 g/mol. The van der Waals surface area contributed by atoms with Gasteiger partial charge in [-0.3, -0.25) is 0 Å². The van der Waals surface area contributed by atoms with Gasteiger partial charge < -0.3 is 9.47 Å². The fourth-order valence-corrected chi connectivity index (χ4v) is 3.35. The third-order valence-corrected chi connectivity index (χ3v) is 4.63. The number of hydrogen-bond acceptors (Lipinski definition) is 6. The highest BCUT2D eigenvalue weighted by Crippen LogP contribution is 2.32. The minimum absolute atomic E-state index is 0.0687. The Balaban J connectivity index is 2.74. The van der Waals surface area contributed by atoms with E-state index >= 15 is 0 Å². The van der Waals surface area contributed by atoms with E-state index in [4.69, 9.17) is 14.5 Å². The maximum Gasteiger partial charge on any atom is 0.427 e. The predicted octanol–water partition coefficient (Wildman–Crippen LogP) is 6.31. The summed E-state index contributed by atoms with van der Waals surface area (Å²) < 4.78 is 11.0. The maximum absolute atomic E-state index is 13.1. The van der Waals surface area contributed by atoms with Crippen molar-refractivity contribution in [2.45, 2.75) is 86.9 Å². The van der Waals surface area contributed by atoms with Crippen molar-refractivity contribution in [2.24, 2.45) is 0 Å². The molecule has 0 bridgehead atoms. The molecule has 32 heavy (non-hydrogen) atoms. The summed E-state index contributed by atoms with van der Waals surface area (Å²) in [4.78, 5) is 36.1. The van der Waals surface area contributed by atoms with E-state index in [1.54, 1.807) is 41.5 Å². The molecular weight excluding hydrogens is 406 g/mol. The van der Waals surface area contributed by atoms with Gasteiger partial charge in [-0.25, -0.2) is 19.6 Å². The van der Waals surface area contributed by atoms with Crippen molar-refractivity contribution in [3.63, 3.8) is 0 Å². The number of carbonyl (C=O) groups excluding carboxylic acids is 2. The lowest BCUT2D eigenvalue weighted by molar-refractivity contribution is 0.0427. The van der Waals surface area contributed by atoms with Crippen LogP contribution in [0.25, 0.3) is 11.3 Å². The fourth-order valence-electron chi connectivity index (χ4n) is 3.35. The molecule has 0 unspecified atom stereocenters. The van der Waals surface area contributed by atoms with Crippen LogP contribution in [-0.4, -0.2) is 33.4 Å². The Bertz CT molecular complexity index is 969. The number of aromatic nitrogens is 2. The van der Waals surface area contributed by atoms with Gasteiger partial charge in [0.1, 0.15) is 11.2 Å². The first-order valence-corrected chi connectivity index (χ1v) is 10.8. The Morgan fingerprint density at radius 1 is 0.875 bits per heavy atom. The second-order valence-electron chi connectivity index (χ2n) is 9.85. The summed E-state index contributed by atoms with van der Waals surface area (Å²) >= 11 is 0. The molecule has 0 radical (unpaired) electrons. The predicted molar refractivity (Wildman–Crippen MR) is 126 cm³/mol. The molecule has 0 aliphatic rings. The molecule has 0 N–H and O–H groups in total. The summed E-state index contributed by atoms with van der Waals surface area (Å²) in [7, 11) is 0. The number of anilines is 1.